The number of hydrogen-bond donors (Lipinski definition) is 0. The minimum atomic E-state index is -0.0390. The van der Waals surface area contributed by atoms with Crippen LogP contribution in [0.3, 0.4) is 0 Å². The van der Waals surface area contributed by atoms with E-state index in [1.165, 1.54) is 0 Å². The number of carbonyl (C=O) groups is 1. The Morgan fingerprint density at radius 3 is 2.70 bits per heavy atom. The fourth-order valence-electron chi connectivity index (χ4n) is 2.10. The quantitative estimate of drug-likeness (QED) is 0.717. The van der Waals surface area contributed by atoms with Gasteiger partial charge in [-0.15, -0.1) is 0 Å². The van der Waals surface area contributed by atoms with Crippen LogP contribution in [-0.2, 0) is 0 Å². The van der Waals surface area contributed by atoms with Crippen LogP contribution in [0.25, 0.3) is 6.08 Å². The van der Waals surface area contributed by atoms with Gasteiger partial charge in [0.2, 0.25) is 0 Å². The predicted octanol–water partition coefficient (Wildman–Crippen LogP) is 4.65. The van der Waals surface area contributed by atoms with Crippen molar-refractivity contribution in [1.29, 1.82) is 0 Å². The Hall–Kier alpha value is -1.77. The first-order valence-corrected chi connectivity index (χ1v) is 6.83. The molecule has 0 radical (unpaired) electrons. The number of ketones is 1. The Morgan fingerprint density at radius 1 is 1.05 bits per heavy atom. The molecule has 0 amide bonds. The van der Waals surface area contributed by atoms with Crippen LogP contribution in [0, 0.1) is 0 Å². The molecular formula is C16H10Cl2O2. The molecule has 1 aliphatic heterocycles. The zero-order valence-electron chi connectivity index (χ0n) is 10.4. The van der Waals surface area contributed by atoms with Crippen LogP contribution in [-0.4, -0.2) is 12.4 Å². The van der Waals surface area contributed by atoms with Crippen LogP contribution in [0.2, 0.25) is 10.0 Å². The molecule has 2 aromatic rings. The molecule has 3 rings (SSSR count). The van der Waals surface area contributed by atoms with Crippen molar-refractivity contribution in [1.82, 2.24) is 0 Å². The van der Waals surface area contributed by atoms with E-state index in [1.807, 2.05) is 18.2 Å². The first-order valence-electron chi connectivity index (χ1n) is 6.08. The summed E-state index contributed by atoms with van der Waals surface area (Å²) in [5.41, 5.74) is 1.85. The van der Waals surface area contributed by atoms with Crippen molar-refractivity contribution in [2.24, 2.45) is 0 Å². The maximum atomic E-state index is 12.4. The van der Waals surface area contributed by atoms with Crippen molar-refractivity contribution >= 4 is 35.1 Å². The molecule has 2 nitrogen and oxygen atoms in total. The molecule has 0 saturated carbocycles. The average molecular weight is 305 g/mol. The van der Waals surface area contributed by atoms with Crippen LogP contribution >= 0.6 is 23.2 Å². The molecule has 20 heavy (non-hydrogen) atoms. The molecule has 0 spiro atoms. The predicted molar refractivity (Wildman–Crippen MR) is 80.7 cm³/mol. The summed E-state index contributed by atoms with van der Waals surface area (Å²) in [4.78, 5) is 12.4. The van der Waals surface area contributed by atoms with Crippen LogP contribution in [0.15, 0.2) is 48.0 Å². The van der Waals surface area contributed by atoms with E-state index in [1.54, 1.807) is 30.3 Å². The standard InChI is InChI=1S/C16H10Cl2O2/c17-13-6-3-4-10(15(13)18)8-11-9-20-14-7-2-1-5-12(14)16(11)19/h1-8H,9H2. The van der Waals surface area contributed by atoms with E-state index in [0.717, 1.165) is 0 Å². The van der Waals surface area contributed by atoms with E-state index in [0.29, 0.717) is 32.5 Å². The molecule has 1 heterocycles. The minimum Gasteiger partial charge on any atom is -0.488 e. The van der Waals surface area contributed by atoms with Gasteiger partial charge in [-0.05, 0) is 29.8 Å². The van der Waals surface area contributed by atoms with Gasteiger partial charge in [0.05, 0.1) is 15.6 Å². The molecule has 0 unspecified atom stereocenters. The highest BCUT2D eigenvalue weighted by Gasteiger charge is 2.22. The van der Waals surface area contributed by atoms with Crippen molar-refractivity contribution in [3.8, 4) is 5.75 Å². The molecule has 1 aliphatic rings. The van der Waals surface area contributed by atoms with Gasteiger partial charge >= 0.3 is 0 Å². The highest BCUT2D eigenvalue weighted by atomic mass is 35.5. The maximum Gasteiger partial charge on any atom is 0.196 e. The molecule has 0 aliphatic carbocycles. The van der Waals surface area contributed by atoms with Crippen LogP contribution in [0.1, 0.15) is 15.9 Å². The van der Waals surface area contributed by atoms with Crippen molar-refractivity contribution in [3.63, 3.8) is 0 Å². The van der Waals surface area contributed by atoms with Crippen molar-refractivity contribution in [3.05, 3.63) is 69.2 Å². The zero-order chi connectivity index (χ0) is 14.1. The van der Waals surface area contributed by atoms with E-state index in [-0.39, 0.29) is 12.4 Å². The van der Waals surface area contributed by atoms with Crippen LogP contribution < -0.4 is 4.74 Å². The first-order chi connectivity index (χ1) is 9.66. The normalized spacial score (nSPS) is 15.9. The molecule has 0 bridgehead atoms. The third-order valence-corrected chi connectivity index (χ3v) is 3.95. The maximum absolute atomic E-state index is 12.4. The van der Waals surface area contributed by atoms with Gasteiger partial charge in [-0.2, -0.15) is 0 Å². The summed E-state index contributed by atoms with van der Waals surface area (Å²) in [7, 11) is 0. The molecule has 4 heteroatoms. The topological polar surface area (TPSA) is 26.3 Å². The van der Waals surface area contributed by atoms with E-state index in [4.69, 9.17) is 27.9 Å². The van der Waals surface area contributed by atoms with E-state index < -0.39 is 0 Å². The Labute approximate surface area is 126 Å². The van der Waals surface area contributed by atoms with Gasteiger partial charge in [-0.1, -0.05) is 47.5 Å². The number of para-hydroxylation sites is 1. The van der Waals surface area contributed by atoms with Gasteiger partial charge in [-0.3, -0.25) is 4.79 Å². The summed E-state index contributed by atoms with van der Waals surface area (Å²) in [6.45, 7) is 0.235. The lowest BCUT2D eigenvalue weighted by Gasteiger charge is -2.18. The number of hydrogen-bond acceptors (Lipinski definition) is 2. The largest absolute Gasteiger partial charge is 0.488 e. The molecule has 0 atom stereocenters. The summed E-state index contributed by atoms with van der Waals surface area (Å²) in [5.74, 6) is 0.578. The highest BCUT2D eigenvalue weighted by Crippen LogP contribution is 2.31. The average Bonchev–Trinajstić information content (AvgIpc) is 2.47. The Kier molecular flexibility index (Phi) is 3.51. The number of halogens is 2. The molecule has 0 aromatic heterocycles. The SMILES string of the molecule is O=C1C(=Cc2cccc(Cl)c2Cl)COc2ccccc21. The monoisotopic (exact) mass is 304 g/mol. The molecular weight excluding hydrogens is 295 g/mol. The lowest BCUT2D eigenvalue weighted by molar-refractivity contribution is 0.100. The highest BCUT2D eigenvalue weighted by molar-refractivity contribution is 6.43. The van der Waals surface area contributed by atoms with Crippen molar-refractivity contribution in [2.75, 3.05) is 6.61 Å². The fourth-order valence-corrected chi connectivity index (χ4v) is 2.46. The molecule has 0 fully saturated rings. The fraction of sp³-hybridized carbons (Fsp3) is 0.0625. The minimum absolute atomic E-state index is 0.0390. The summed E-state index contributed by atoms with van der Waals surface area (Å²) in [6.07, 6.45) is 1.73. The van der Waals surface area contributed by atoms with Gasteiger partial charge in [0.15, 0.2) is 5.78 Å². The smallest absolute Gasteiger partial charge is 0.196 e. The second kappa shape index (κ2) is 5.31. The van der Waals surface area contributed by atoms with Gasteiger partial charge in [0.25, 0.3) is 0 Å². The Balaban J connectivity index is 2.02. The summed E-state index contributed by atoms with van der Waals surface area (Å²) in [5, 5.41) is 0.902. The van der Waals surface area contributed by atoms with Crippen molar-refractivity contribution < 1.29 is 9.53 Å². The third-order valence-electron chi connectivity index (χ3n) is 3.12. The number of rotatable bonds is 1. The Morgan fingerprint density at radius 2 is 1.85 bits per heavy atom. The molecule has 0 N–H and O–H groups in total. The van der Waals surface area contributed by atoms with E-state index in [2.05, 4.69) is 0 Å². The third kappa shape index (κ3) is 2.33. The summed E-state index contributed by atoms with van der Waals surface area (Å²) >= 11 is 12.1. The van der Waals surface area contributed by atoms with Gasteiger partial charge in [0, 0.05) is 5.57 Å². The number of benzene rings is 2. The second-order valence-electron chi connectivity index (χ2n) is 4.43. The zero-order valence-corrected chi connectivity index (χ0v) is 11.9. The lowest BCUT2D eigenvalue weighted by Crippen LogP contribution is -2.18. The lowest BCUT2D eigenvalue weighted by atomic mass is 9.98. The summed E-state index contributed by atoms with van der Waals surface area (Å²) in [6, 6.07) is 12.5. The number of ether oxygens (including phenoxy) is 1. The molecule has 2 aromatic carbocycles. The van der Waals surface area contributed by atoms with E-state index in [9.17, 15) is 4.79 Å². The molecule has 100 valence electrons. The molecule has 0 saturated heterocycles. The Bertz CT molecular complexity index is 720. The van der Waals surface area contributed by atoms with Crippen molar-refractivity contribution in [2.45, 2.75) is 0 Å². The second-order valence-corrected chi connectivity index (χ2v) is 5.21. The number of Topliss-reactive ketones (excluding diaryl/α,β-unsaturated/α-hetero) is 1. The van der Waals surface area contributed by atoms with Crippen LogP contribution in [0.5, 0.6) is 5.75 Å². The van der Waals surface area contributed by atoms with Gasteiger partial charge in [0.1, 0.15) is 12.4 Å². The number of carbonyl (C=O) groups excluding carboxylic acids is 1. The van der Waals surface area contributed by atoms with Gasteiger partial charge < -0.3 is 4.74 Å². The van der Waals surface area contributed by atoms with Gasteiger partial charge in [-0.25, -0.2) is 0 Å². The first kappa shape index (κ1) is 13.2. The number of fused-ring (bicyclic) bond motifs is 1. The van der Waals surface area contributed by atoms with E-state index >= 15 is 0 Å². The summed E-state index contributed by atoms with van der Waals surface area (Å²) < 4.78 is 5.58. The van der Waals surface area contributed by atoms with Crippen LogP contribution in [0.4, 0.5) is 0 Å².